The number of thioether (sulfide) groups is 1. The van der Waals surface area contributed by atoms with Gasteiger partial charge in [0, 0.05) is 10.6 Å². The van der Waals surface area contributed by atoms with Crippen molar-refractivity contribution >= 4 is 29.1 Å². The number of nitrogen functional groups attached to an aromatic ring is 1. The van der Waals surface area contributed by atoms with Crippen molar-refractivity contribution in [2.45, 2.75) is 11.1 Å². The van der Waals surface area contributed by atoms with E-state index in [1.54, 1.807) is 18.2 Å². The van der Waals surface area contributed by atoms with Crippen LogP contribution in [0.15, 0.2) is 23.1 Å². The molecule has 1 aromatic carbocycles. The van der Waals surface area contributed by atoms with Crippen LogP contribution in [0.25, 0.3) is 0 Å². The van der Waals surface area contributed by atoms with Gasteiger partial charge in [-0.1, -0.05) is 11.6 Å². The van der Waals surface area contributed by atoms with Crippen molar-refractivity contribution in [1.82, 2.24) is 0 Å². The summed E-state index contributed by atoms with van der Waals surface area (Å²) < 4.78 is 39.7. The first-order valence-corrected chi connectivity index (χ1v) is 6.07. The van der Waals surface area contributed by atoms with Gasteiger partial charge in [0.15, 0.2) is 0 Å². The Labute approximate surface area is 106 Å². The normalized spacial score (nSPS) is 11.8. The molecule has 0 aliphatic rings. The molecule has 17 heavy (non-hydrogen) atoms. The van der Waals surface area contributed by atoms with Crippen LogP contribution in [0.5, 0.6) is 0 Å². The van der Waals surface area contributed by atoms with Gasteiger partial charge in [0.25, 0.3) is 0 Å². The van der Waals surface area contributed by atoms with Crippen molar-refractivity contribution in [3.63, 3.8) is 0 Å². The molecule has 0 aliphatic carbocycles. The Balaban J connectivity index is 2.25. The van der Waals surface area contributed by atoms with E-state index in [-0.39, 0.29) is 6.61 Å². The van der Waals surface area contributed by atoms with Gasteiger partial charge in [-0.3, -0.25) is 0 Å². The summed E-state index contributed by atoms with van der Waals surface area (Å²) in [5.41, 5.74) is 6.00. The number of halogens is 4. The summed E-state index contributed by atoms with van der Waals surface area (Å²) >= 11 is 7.16. The summed E-state index contributed by atoms with van der Waals surface area (Å²) in [6, 6.07) is 5.09. The van der Waals surface area contributed by atoms with Crippen molar-refractivity contribution in [3.8, 4) is 0 Å². The molecule has 0 heterocycles. The van der Waals surface area contributed by atoms with Crippen LogP contribution in [-0.2, 0) is 4.74 Å². The monoisotopic (exact) mass is 285 g/mol. The lowest BCUT2D eigenvalue weighted by Gasteiger charge is -2.07. The predicted octanol–water partition coefficient (Wildman–Crippen LogP) is 3.59. The molecule has 0 spiro atoms. The van der Waals surface area contributed by atoms with Gasteiger partial charge < -0.3 is 10.5 Å². The SMILES string of the molecule is Nc1ccc(SCCOCC(F)(F)F)cc1Cl. The van der Waals surface area contributed by atoms with Crippen LogP contribution < -0.4 is 5.73 Å². The minimum atomic E-state index is -4.27. The van der Waals surface area contributed by atoms with E-state index in [9.17, 15) is 13.2 Å². The average molecular weight is 286 g/mol. The molecule has 0 radical (unpaired) electrons. The molecule has 7 heteroatoms. The maximum atomic E-state index is 11.7. The van der Waals surface area contributed by atoms with Crippen LogP contribution in [-0.4, -0.2) is 25.1 Å². The lowest BCUT2D eigenvalue weighted by Crippen LogP contribution is -2.17. The smallest absolute Gasteiger partial charge is 0.398 e. The molecule has 0 bridgehead atoms. The van der Waals surface area contributed by atoms with Crippen LogP contribution in [0.2, 0.25) is 5.02 Å². The Morgan fingerprint density at radius 1 is 1.35 bits per heavy atom. The van der Waals surface area contributed by atoms with E-state index in [0.717, 1.165) is 4.90 Å². The molecule has 0 saturated heterocycles. The highest BCUT2D eigenvalue weighted by Crippen LogP contribution is 2.26. The minimum absolute atomic E-state index is 0.0339. The number of anilines is 1. The topological polar surface area (TPSA) is 35.2 Å². The first-order valence-electron chi connectivity index (χ1n) is 4.71. The average Bonchev–Trinajstić information content (AvgIpc) is 2.21. The van der Waals surface area contributed by atoms with Gasteiger partial charge in [-0.05, 0) is 18.2 Å². The van der Waals surface area contributed by atoms with Crippen LogP contribution >= 0.6 is 23.4 Å². The summed E-state index contributed by atoms with van der Waals surface area (Å²) in [4.78, 5) is 0.847. The fourth-order valence-electron chi connectivity index (χ4n) is 1.00. The van der Waals surface area contributed by atoms with Crippen LogP contribution in [0, 0.1) is 0 Å². The second kappa shape index (κ2) is 6.37. The largest absolute Gasteiger partial charge is 0.411 e. The molecule has 1 rings (SSSR count). The number of hydrogen-bond acceptors (Lipinski definition) is 3. The van der Waals surface area contributed by atoms with E-state index in [0.29, 0.717) is 16.5 Å². The zero-order valence-electron chi connectivity index (χ0n) is 8.76. The number of hydrogen-bond donors (Lipinski definition) is 1. The number of nitrogens with two attached hydrogens (primary N) is 1. The van der Waals surface area contributed by atoms with Crippen LogP contribution in [0.4, 0.5) is 18.9 Å². The molecule has 0 unspecified atom stereocenters. The Morgan fingerprint density at radius 2 is 2.06 bits per heavy atom. The Hall–Kier alpha value is -0.590. The highest BCUT2D eigenvalue weighted by molar-refractivity contribution is 7.99. The first kappa shape index (κ1) is 14.5. The third-order valence-corrected chi connectivity index (χ3v) is 3.02. The van der Waals surface area contributed by atoms with E-state index < -0.39 is 12.8 Å². The van der Waals surface area contributed by atoms with Gasteiger partial charge in [0.05, 0.1) is 17.3 Å². The quantitative estimate of drug-likeness (QED) is 0.510. The summed E-state index contributed by atoms with van der Waals surface area (Å²) in [6.45, 7) is -1.18. The van der Waals surface area contributed by atoms with Crippen LogP contribution in [0.1, 0.15) is 0 Å². The zero-order chi connectivity index (χ0) is 12.9. The maximum Gasteiger partial charge on any atom is 0.411 e. The van der Waals surface area contributed by atoms with Gasteiger partial charge in [-0.25, -0.2) is 0 Å². The molecule has 0 amide bonds. The van der Waals surface area contributed by atoms with Gasteiger partial charge in [-0.15, -0.1) is 11.8 Å². The highest BCUT2D eigenvalue weighted by Gasteiger charge is 2.27. The molecular weight excluding hydrogens is 275 g/mol. The molecular formula is C10H11ClF3NOS. The third kappa shape index (κ3) is 6.05. The molecule has 0 atom stereocenters. The van der Waals surface area contributed by atoms with E-state index in [2.05, 4.69) is 4.74 Å². The molecule has 0 saturated carbocycles. The van der Waals surface area contributed by atoms with E-state index in [4.69, 9.17) is 17.3 Å². The standard InChI is InChI=1S/C10H11ClF3NOS/c11-8-5-7(1-2-9(8)15)17-4-3-16-6-10(12,13)14/h1-2,5H,3-4,6,15H2. The predicted molar refractivity (Wildman–Crippen MR) is 63.5 cm³/mol. The minimum Gasteiger partial charge on any atom is -0.398 e. The summed E-state index contributed by atoms with van der Waals surface area (Å²) in [7, 11) is 0. The molecule has 2 nitrogen and oxygen atoms in total. The van der Waals surface area contributed by atoms with Crippen molar-refractivity contribution in [2.24, 2.45) is 0 Å². The van der Waals surface area contributed by atoms with Gasteiger partial charge in [-0.2, -0.15) is 13.2 Å². The summed E-state index contributed by atoms with van der Waals surface area (Å²) in [6.07, 6.45) is -4.27. The number of rotatable bonds is 5. The molecule has 0 fully saturated rings. The maximum absolute atomic E-state index is 11.7. The fraction of sp³-hybridized carbons (Fsp3) is 0.400. The highest BCUT2D eigenvalue weighted by atomic mass is 35.5. The number of benzene rings is 1. The fourth-order valence-corrected chi connectivity index (χ4v) is 2.05. The lowest BCUT2D eigenvalue weighted by atomic mass is 10.3. The number of alkyl halides is 3. The molecule has 2 N–H and O–H groups in total. The van der Waals surface area contributed by atoms with Crippen molar-refractivity contribution < 1.29 is 17.9 Å². The second-order valence-electron chi connectivity index (χ2n) is 3.20. The van der Waals surface area contributed by atoms with Crippen molar-refractivity contribution in [2.75, 3.05) is 24.7 Å². The second-order valence-corrected chi connectivity index (χ2v) is 4.78. The van der Waals surface area contributed by atoms with Crippen molar-refractivity contribution in [3.05, 3.63) is 23.2 Å². The van der Waals surface area contributed by atoms with E-state index in [1.165, 1.54) is 11.8 Å². The molecule has 96 valence electrons. The summed E-state index contributed by atoms with van der Waals surface area (Å²) in [5, 5.41) is 0.436. The molecule has 1 aromatic rings. The Bertz CT molecular complexity index is 373. The van der Waals surface area contributed by atoms with Gasteiger partial charge >= 0.3 is 6.18 Å². The Kier molecular flexibility index (Phi) is 5.42. The van der Waals surface area contributed by atoms with Crippen LogP contribution in [0.3, 0.4) is 0 Å². The van der Waals surface area contributed by atoms with Gasteiger partial charge in [0.2, 0.25) is 0 Å². The van der Waals surface area contributed by atoms with Crippen molar-refractivity contribution in [1.29, 1.82) is 0 Å². The van der Waals surface area contributed by atoms with Gasteiger partial charge in [0.1, 0.15) is 6.61 Å². The lowest BCUT2D eigenvalue weighted by molar-refractivity contribution is -0.172. The third-order valence-electron chi connectivity index (χ3n) is 1.73. The molecule has 0 aromatic heterocycles. The zero-order valence-corrected chi connectivity index (χ0v) is 10.3. The summed E-state index contributed by atoms with van der Waals surface area (Å²) in [5.74, 6) is 0.427. The number of ether oxygens (including phenoxy) is 1. The molecule has 0 aliphatic heterocycles. The first-order chi connectivity index (χ1) is 7.88. The van der Waals surface area contributed by atoms with E-state index >= 15 is 0 Å². The Morgan fingerprint density at radius 3 is 2.65 bits per heavy atom. The van der Waals surface area contributed by atoms with E-state index in [1.807, 2.05) is 0 Å².